The van der Waals surface area contributed by atoms with Gasteiger partial charge in [0.05, 0.1) is 10.0 Å². The predicted octanol–water partition coefficient (Wildman–Crippen LogP) is 6.67. The van der Waals surface area contributed by atoms with Gasteiger partial charge in [0.25, 0.3) is 5.91 Å². The van der Waals surface area contributed by atoms with E-state index in [2.05, 4.69) is 27.9 Å². The van der Waals surface area contributed by atoms with E-state index in [1.165, 1.54) is 0 Å². The van der Waals surface area contributed by atoms with E-state index in [-0.39, 0.29) is 5.91 Å². The largest absolute Gasteiger partial charge is 0.486 e. The number of fused-ring (bicyclic) bond motifs is 1. The molecular weight excluding hydrogens is 508 g/mol. The van der Waals surface area contributed by atoms with Crippen LogP contribution in [0.2, 0.25) is 10.0 Å². The Morgan fingerprint density at radius 3 is 2.39 bits per heavy atom. The average Bonchev–Trinajstić information content (AvgIpc) is 2.98. The minimum absolute atomic E-state index is 0.146. The molecule has 0 aliphatic carbocycles. The molecule has 3 aromatic carbocycles. The number of hydrogen-bond donors (Lipinski definition) is 1. The Bertz CT molecular complexity index is 1070. The number of nitrogens with one attached hydrogen (secondary N) is 1. The topological polar surface area (TPSA) is 38.3 Å². The normalized spacial score (nSPS) is 14.1. The Hall–Kier alpha value is -2.02. The highest BCUT2D eigenvalue weighted by molar-refractivity contribution is 14.1. The maximum Gasteiger partial charge on any atom is 0.256 e. The molecule has 28 heavy (non-hydrogen) atoms. The van der Waals surface area contributed by atoms with E-state index in [4.69, 9.17) is 27.9 Å². The quantitative estimate of drug-likeness (QED) is 0.307. The van der Waals surface area contributed by atoms with E-state index >= 15 is 0 Å². The summed E-state index contributed by atoms with van der Waals surface area (Å²) in [5, 5.41) is 3.65. The van der Waals surface area contributed by atoms with Gasteiger partial charge in [-0.05, 0) is 70.1 Å². The van der Waals surface area contributed by atoms with Gasteiger partial charge in [0, 0.05) is 20.4 Å². The lowest BCUT2D eigenvalue weighted by molar-refractivity contribution is -0.110. The minimum atomic E-state index is -0.146. The van der Waals surface area contributed by atoms with Crippen molar-refractivity contribution in [3.63, 3.8) is 0 Å². The maximum absolute atomic E-state index is 12.3. The van der Waals surface area contributed by atoms with Crippen molar-refractivity contribution in [2.45, 2.75) is 6.61 Å². The molecule has 0 fully saturated rings. The molecule has 0 aromatic heterocycles. The van der Waals surface area contributed by atoms with Crippen LogP contribution in [0.3, 0.4) is 0 Å². The first-order valence-electron chi connectivity index (χ1n) is 8.50. The van der Waals surface area contributed by atoms with Crippen LogP contribution in [-0.2, 0) is 11.4 Å². The fourth-order valence-electron chi connectivity index (χ4n) is 2.99. The van der Waals surface area contributed by atoms with Gasteiger partial charge in [0.15, 0.2) is 5.75 Å². The van der Waals surface area contributed by atoms with Gasteiger partial charge in [-0.2, -0.15) is 0 Å². The third kappa shape index (κ3) is 4.04. The molecule has 0 unspecified atom stereocenters. The van der Waals surface area contributed by atoms with E-state index in [9.17, 15) is 4.79 Å². The molecule has 1 aliphatic rings. The summed E-state index contributed by atoms with van der Waals surface area (Å²) in [6.07, 6.45) is 1.78. The summed E-state index contributed by atoms with van der Waals surface area (Å²) in [7, 11) is 0. The number of amides is 1. The van der Waals surface area contributed by atoms with Gasteiger partial charge in [-0.3, -0.25) is 4.79 Å². The average molecular weight is 522 g/mol. The second-order valence-corrected chi connectivity index (χ2v) is 8.35. The number of para-hydroxylation sites is 1. The molecular formula is C22H14Cl2INO2. The SMILES string of the molecule is O=C1Nc2ccccc2/C1=C/c1cc(Cl)c(OCc2ccc(I)cc2)c(Cl)c1. The number of rotatable bonds is 4. The summed E-state index contributed by atoms with van der Waals surface area (Å²) in [6, 6.07) is 19.1. The molecule has 1 amide bonds. The van der Waals surface area contributed by atoms with E-state index < -0.39 is 0 Å². The van der Waals surface area contributed by atoms with Crippen LogP contribution in [0.25, 0.3) is 11.6 Å². The van der Waals surface area contributed by atoms with Crippen LogP contribution in [0.1, 0.15) is 16.7 Å². The maximum atomic E-state index is 12.3. The monoisotopic (exact) mass is 521 g/mol. The number of carbonyl (C=O) groups excluding carboxylic acids is 1. The molecule has 1 heterocycles. The molecule has 0 saturated heterocycles. The zero-order valence-electron chi connectivity index (χ0n) is 14.5. The second kappa shape index (κ2) is 8.15. The van der Waals surface area contributed by atoms with Crippen LogP contribution >= 0.6 is 45.8 Å². The van der Waals surface area contributed by atoms with Crippen molar-refractivity contribution >= 4 is 69.0 Å². The lowest BCUT2D eigenvalue weighted by atomic mass is 10.0. The van der Waals surface area contributed by atoms with Crippen molar-refractivity contribution in [2.24, 2.45) is 0 Å². The Morgan fingerprint density at radius 1 is 1.00 bits per heavy atom. The Kier molecular flexibility index (Phi) is 5.62. The van der Waals surface area contributed by atoms with Crippen molar-refractivity contribution in [3.05, 3.63) is 91.0 Å². The molecule has 140 valence electrons. The van der Waals surface area contributed by atoms with Crippen molar-refractivity contribution in [3.8, 4) is 5.75 Å². The fourth-order valence-corrected chi connectivity index (χ4v) is 3.96. The number of anilines is 1. The highest BCUT2D eigenvalue weighted by Crippen LogP contribution is 2.37. The number of carbonyl (C=O) groups is 1. The molecule has 0 saturated carbocycles. The molecule has 3 nitrogen and oxygen atoms in total. The van der Waals surface area contributed by atoms with Crippen LogP contribution in [0, 0.1) is 3.57 Å². The Labute approximate surface area is 186 Å². The summed E-state index contributed by atoms with van der Waals surface area (Å²) in [4.78, 5) is 12.3. The first-order chi connectivity index (χ1) is 13.5. The Balaban J connectivity index is 1.59. The molecule has 1 aliphatic heterocycles. The summed E-state index contributed by atoms with van der Waals surface area (Å²) in [6.45, 7) is 0.368. The number of ether oxygens (including phenoxy) is 1. The van der Waals surface area contributed by atoms with Crippen LogP contribution < -0.4 is 10.1 Å². The second-order valence-electron chi connectivity index (χ2n) is 6.29. The van der Waals surface area contributed by atoms with Gasteiger partial charge in [-0.1, -0.05) is 53.5 Å². The molecule has 0 radical (unpaired) electrons. The van der Waals surface area contributed by atoms with Gasteiger partial charge in [0.2, 0.25) is 0 Å². The third-order valence-corrected chi connectivity index (χ3v) is 5.62. The van der Waals surface area contributed by atoms with E-state index in [0.29, 0.717) is 28.0 Å². The summed E-state index contributed by atoms with van der Waals surface area (Å²) in [5.41, 5.74) is 4.00. The van der Waals surface area contributed by atoms with Gasteiger partial charge in [0.1, 0.15) is 6.61 Å². The highest BCUT2D eigenvalue weighted by atomic mass is 127. The van der Waals surface area contributed by atoms with Gasteiger partial charge in [-0.25, -0.2) is 0 Å². The van der Waals surface area contributed by atoms with Crippen LogP contribution in [0.4, 0.5) is 5.69 Å². The van der Waals surface area contributed by atoms with Crippen molar-refractivity contribution in [2.75, 3.05) is 5.32 Å². The minimum Gasteiger partial charge on any atom is -0.486 e. The van der Waals surface area contributed by atoms with Crippen LogP contribution in [0.15, 0.2) is 60.7 Å². The molecule has 1 N–H and O–H groups in total. The van der Waals surface area contributed by atoms with E-state index in [0.717, 1.165) is 25.9 Å². The van der Waals surface area contributed by atoms with Crippen molar-refractivity contribution in [1.82, 2.24) is 0 Å². The summed E-state index contributed by atoms with van der Waals surface area (Å²) >= 11 is 15.1. The van der Waals surface area contributed by atoms with E-state index in [1.54, 1.807) is 18.2 Å². The molecule has 0 atom stereocenters. The lowest BCUT2D eigenvalue weighted by Gasteiger charge is -2.11. The van der Waals surface area contributed by atoms with Gasteiger partial charge < -0.3 is 10.1 Å². The first kappa shape index (κ1) is 19.3. The zero-order valence-corrected chi connectivity index (χ0v) is 18.2. The summed E-state index contributed by atoms with van der Waals surface area (Å²) in [5.74, 6) is 0.285. The first-order valence-corrected chi connectivity index (χ1v) is 10.3. The number of benzene rings is 3. The summed E-state index contributed by atoms with van der Waals surface area (Å²) < 4.78 is 6.99. The Morgan fingerprint density at radius 2 is 1.68 bits per heavy atom. The van der Waals surface area contributed by atoms with Crippen molar-refractivity contribution in [1.29, 1.82) is 0 Å². The van der Waals surface area contributed by atoms with Crippen LogP contribution in [-0.4, -0.2) is 5.91 Å². The van der Waals surface area contributed by atoms with Gasteiger partial charge >= 0.3 is 0 Å². The predicted molar refractivity (Wildman–Crippen MR) is 123 cm³/mol. The van der Waals surface area contributed by atoms with E-state index in [1.807, 2.05) is 48.5 Å². The standard InChI is InChI=1S/C22H14Cl2INO2/c23-18-10-14(9-17-16-3-1-2-4-20(16)26-22(17)27)11-19(24)21(18)28-12-13-5-7-15(25)8-6-13/h1-11H,12H2,(H,26,27)/b17-9-. The van der Waals surface area contributed by atoms with Gasteiger partial charge in [-0.15, -0.1) is 0 Å². The highest BCUT2D eigenvalue weighted by Gasteiger charge is 2.23. The fraction of sp³-hybridized carbons (Fsp3) is 0.0455. The molecule has 3 aromatic rings. The number of hydrogen-bond acceptors (Lipinski definition) is 2. The molecule has 0 bridgehead atoms. The smallest absolute Gasteiger partial charge is 0.256 e. The molecule has 0 spiro atoms. The van der Waals surface area contributed by atoms with Crippen LogP contribution in [0.5, 0.6) is 5.75 Å². The zero-order chi connectivity index (χ0) is 19.7. The van der Waals surface area contributed by atoms with Crippen molar-refractivity contribution < 1.29 is 9.53 Å². The third-order valence-electron chi connectivity index (χ3n) is 4.34. The number of halogens is 3. The molecule has 6 heteroatoms. The molecule has 4 rings (SSSR count). The lowest BCUT2D eigenvalue weighted by Crippen LogP contribution is -2.03.